The molecular formula is C22H26N2O2. The van der Waals surface area contributed by atoms with E-state index in [-0.39, 0.29) is 5.91 Å². The van der Waals surface area contributed by atoms with E-state index in [0.29, 0.717) is 12.5 Å². The van der Waals surface area contributed by atoms with Crippen molar-refractivity contribution in [3.63, 3.8) is 0 Å². The lowest BCUT2D eigenvalue weighted by Crippen LogP contribution is -2.38. The summed E-state index contributed by atoms with van der Waals surface area (Å²) >= 11 is 0. The second-order valence-corrected chi connectivity index (χ2v) is 6.81. The topological polar surface area (TPSA) is 43.3 Å². The predicted molar refractivity (Wildman–Crippen MR) is 106 cm³/mol. The Morgan fingerprint density at radius 3 is 2.58 bits per heavy atom. The van der Waals surface area contributed by atoms with Crippen LogP contribution in [0.2, 0.25) is 0 Å². The van der Waals surface area contributed by atoms with E-state index in [1.165, 1.54) is 10.9 Å². The van der Waals surface area contributed by atoms with Gasteiger partial charge in [0.25, 0.3) is 5.91 Å². The average Bonchev–Trinajstić information content (AvgIpc) is 3.05. The highest BCUT2D eigenvalue weighted by Gasteiger charge is 2.16. The van der Waals surface area contributed by atoms with Crippen LogP contribution < -0.4 is 10.1 Å². The van der Waals surface area contributed by atoms with Crippen LogP contribution in [0.4, 0.5) is 0 Å². The third-order valence-corrected chi connectivity index (χ3v) is 4.55. The van der Waals surface area contributed by atoms with E-state index >= 15 is 0 Å². The molecule has 0 aliphatic heterocycles. The minimum absolute atomic E-state index is 0.0972. The van der Waals surface area contributed by atoms with Crippen molar-refractivity contribution in [3.8, 4) is 5.75 Å². The first-order valence-electron chi connectivity index (χ1n) is 9.13. The second-order valence-electron chi connectivity index (χ2n) is 6.81. The molecule has 1 amide bonds. The molecule has 0 radical (unpaired) electrons. The highest BCUT2D eigenvalue weighted by atomic mass is 16.5. The Labute approximate surface area is 154 Å². The summed E-state index contributed by atoms with van der Waals surface area (Å²) in [6.07, 6.45) is 1.52. The number of nitrogens with one attached hydrogen (secondary N) is 1. The molecular weight excluding hydrogens is 324 g/mol. The van der Waals surface area contributed by atoms with Crippen LogP contribution in [0.5, 0.6) is 5.75 Å². The van der Waals surface area contributed by atoms with Crippen LogP contribution in [0, 0.1) is 0 Å². The highest BCUT2D eigenvalue weighted by molar-refractivity contribution is 5.81. The summed E-state index contributed by atoms with van der Waals surface area (Å²) in [5, 5.41) is 4.18. The lowest BCUT2D eigenvalue weighted by molar-refractivity contribution is -0.127. The van der Waals surface area contributed by atoms with Crippen molar-refractivity contribution in [1.29, 1.82) is 0 Å². The van der Waals surface area contributed by atoms with Crippen LogP contribution >= 0.6 is 0 Å². The molecule has 0 spiro atoms. The van der Waals surface area contributed by atoms with Crippen molar-refractivity contribution < 1.29 is 9.53 Å². The monoisotopic (exact) mass is 350 g/mol. The molecule has 0 saturated carbocycles. The molecule has 1 atom stereocenters. The molecule has 0 aliphatic rings. The van der Waals surface area contributed by atoms with E-state index < -0.39 is 6.10 Å². The van der Waals surface area contributed by atoms with Gasteiger partial charge in [0.1, 0.15) is 5.75 Å². The SMILES string of the molecule is CC(Oc1ccccc1C(C)C)C(=O)NCCn1ccc2ccccc21. The van der Waals surface area contributed by atoms with Gasteiger partial charge in [0, 0.05) is 24.8 Å². The summed E-state index contributed by atoms with van der Waals surface area (Å²) in [5.74, 6) is 1.03. The molecule has 1 aromatic heterocycles. The van der Waals surface area contributed by atoms with E-state index in [9.17, 15) is 4.79 Å². The smallest absolute Gasteiger partial charge is 0.260 e. The summed E-state index contributed by atoms with van der Waals surface area (Å²) in [4.78, 5) is 12.4. The Morgan fingerprint density at radius 2 is 1.77 bits per heavy atom. The standard InChI is InChI=1S/C22H26N2O2/c1-16(2)19-9-5-7-11-21(19)26-17(3)22(25)23-13-15-24-14-12-18-8-4-6-10-20(18)24/h4-12,14,16-17H,13,15H2,1-3H3,(H,23,25). The van der Waals surface area contributed by atoms with E-state index in [0.717, 1.165) is 17.9 Å². The van der Waals surface area contributed by atoms with Gasteiger partial charge < -0.3 is 14.6 Å². The fourth-order valence-electron chi connectivity index (χ4n) is 3.09. The minimum atomic E-state index is -0.531. The van der Waals surface area contributed by atoms with Crippen molar-refractivity contribution in [1.82, 2.24) is 9.88 Å². The van der Waals surface area contributed by atoms with Crippen molar-refractivity contribution in [2.75, 3.05) is 6.54 Å². The van der Waals surface area contributed by atoms with Crippen LogP contribution in [0.15, 0.2) is 60.8 Å². The van der Waals surface area contributed by atoms with Gasteiger partial charge in [-0.1, -0.05) is 50.2 Å². The molecule has 26 heavy (non-hydrogen) atoms. The number of benzene rings is 2. The van der Waals surface area contributed by atoms with Gasteiger partial charge in [0.2, 0.25) is 0 Å². The van der Waals surface area contributed by atoms with E-state index in [4.69, 9.17) is 4.74 Å². The zero-order chi connectivity index (χ0) is 18.5. The molecule has 3 rings (SSSR count). The summed E-state index contributed by atoms with van der Waals surface area (Å²) in [5.41, 5.74) is 2.29. The number of rotatable bonds is 7. The quantitative estimate of drug-likeness (QED) is 0.688. The van der Waals surface area contributed by atoms with Crippen LogP contribution in [0.3, 0.4) is 0 Å². The Balaban J connectivity index is 1.55. The van der Waals surface area contributed by atoms with Gasteiger partial charge >= 0.3 is 0 Å². The molecule has 1 unspecified atom stereocenters. The van der Waals surface area contributed by atoms with Crippen molar-refractivity contribution in [2.45, 2.75) is 39.3 Å². The molecule has 1 N–H and O–H groups in total. The van der Waals surface area contributed by atoms with Gasteiger partial charge in [-0.25, -0.2) is 0 Å². The predicted octanol–water partition coefficient (Wildman–Crippen LogP) is 4.35. The van der Waals surface area contributed by atoms with Crippen molar-refractivity contribution in [2.24, 2.45) is 0 Å². The molecule has 1 heterocycles. The number of amides is 1. The Kier molecular flexibility index (Phi) is 5.61. The number of nitrogens with zero attached hydrogens (tertiary/aromatic N) is 1. The van der Waals surface area contributed by atoms with Gasteiger partial charge in [-0.05, 0) is 42.0 Å². The van der Waals surface area contributed by atoms with Gasteiger partial charge in [-0.3, -0.25) is 4.79 Å². The van der Waals surface area contributed by atoms with Gasteiger partial charge in [0.15, 0.2) is 6.10 Å². The number of hydrogen-bond donors (Lipinski definition) is 1. The lowest BCUT2D eigenvalue weighted by Gasteiger charge is -2.18. The Morgan fingerprint density at radius 1 is 1.04 bits per heavy atom. The average molecular weight is 350 g/mol. The normalized spacial score (nSPS) is 12.3. The van der Waals surface area contributed by atoms with Crippen molar-refractivity contribution in [3.05, 3.63) is 66.4 Å². The number of carbonyl (C=O) groups is 1. The van der Waals surface area contributed by atoms with Crippen LogP contribution in [0.25, 0.3) is 10.9 Å². The molecule has 3 aromatic rings. The summed E-state index contributed by atoms with van der Waals surface area (Å²) in [7, 11) is 0. The number of hydrogen-bond acceptors (Lipinski definition) is 2. The molecule has 2 aromatic carbocycles. The van der Waals surface area contributed by atoms with Crippen LogP contribution in [-0.4, -0.2) is 23.1 Å². The third-order valence-electron chi connectivity index (χ3n) is 4.55. The zero-order valence-corrected chi connectivity index (χ0v) is 15.6. The molecule has 0 bridgehead atoms. The number of ether oxygens (including phenoxy) is 1. The van der Waals surface area contributed by atoms with Crippen LogP contribution in [-0.2, 0) is 11.3 Å². The maximum absolute atomic E-state index is 12.4. The molecule has 0 fully saturated rings. The van der Waals surface area contributed by atoms with Gasteiger partial charge in [-0.15, -0.1) is 0 Å². The first-order chi connectivity index (χ1) is 12.6. The summed E-state index contributed by atoms with van der Waals surface area (Å²) in [6, 6.07) is 18.2. The molecule has 4 heteroatoms. The molecule has 0 aliphatic carbocycles. The molecule has 0 saturated heterocycles. The van der Waals surface area contributed by atoms with Crippen molar-refractivity contribution >= 4 is 16.8 Å². The van der Waals surface area contributed by atoms with E-state index in [1.807, 2.05) is 36.4 Å². The number of carbonyl (C=O) groups excluding carboxylic acids is 1. The highest BCUT2D eigenvalue weighted by Crippen LogP contribution is 2.26. The fourth-order valence-corrected chi connectivity index (χ4v) is 3.09. The minimum Gasteiger partial charge on any atom is -0.481 e. The Bertz CT molecular complexity index is 882. The fraction of sp³-hybridized carbons (Fsp3) is 0.318. The van der Waals surface area contributed by atoms with Crippen LogP contribution in [0.1, 0.15) is 32.3 Å². The van der Waals surface area contributed by atoms with E-state index in [1.54, 1.807) is 6.92 Å². The first kappa shape index (κ1) is 18.1. The maximum Gasteiger partial charge on any atom is 0.260 e. The van der Waals surface area contributed by atoms with E-state index in [2.05, 4.69) is 48.1 Å². The molecule has 136 valence electrons. The summed E-state index contributed by atoms with van der Waals surface area (Å²) in [6.45, 7) is 7.33. The number of aromatic nitrogens is 1. The maximum atomic E-state index is 12.4. The Hall–Kier alpha value is -2.75. The number of para-hydroxylation sites is 2. The summed E-state index contributed by atoms with van der Waals surface area (Å²) < 4.78 is 8.06. The first-order valence-corrected chi connectivity index (χ1v) is 9.13. The molecule has 4 nitrogen and oxygen atoms in total. The van der Waals surface area contributed by atoms with Gasteiger partial charge in [0.05, 0.1) is 0 Å². The third kappa shape index (κ3) is 4.07. The lowest BCUT2D eigenvalue weighted by atomic mass is 10.0. The second kappa shape index (κ2) is 8.09. The number of fused-ring (bicyclic) bond motifs is 1. The largest absolute Gasteiger partial charge is 0.481 e. The van der Waals surface area contributed by atoms with Gasteiger partial charge in [-0.2, -0.15) is 0 Å². The zero-order valence-electron chi connectivity index (χ0n) is 15.6.